The Labute approximate surface area is 175 Å². The Morgan fingerprint density at radius 1 is 1.19 bits per heavy atom. The van der Waals surface area contributed by atoms with Crippen molar-refractivity contribution in [2.24, 2.45) is 5.92 Å². The van der Waals surface area contributed by atoms with Gasteiger partial charge in [-0.05, 0) is 12.3 Å². The van der Waals surface area contributed by atoms with Gasteiger partial charge in [0.05, 0.1) is 24.6 Å². The summed E-state index contributed by atoms with van der Waals surface area (Å²) >= 11 is 0. The number of fused-ring (bicyclic) bond motifs is 1. The molecule has 1 aliphatic heterocycles. The van der Waals surface area contributed by atoms with Crippen LogP contribution in [0.25, 0.3) is 5.65 Å². The van der Waals surface area contributed by atoms with Crippen molar-refractivity contribution in [3.8, 4) is 0 Å². The zero-order valence-corrected chi connectivity index (χ0v) is 18.8. The fraction of sp³-hybridized carbons (Fsp3) is 0.583. The van der Waals surface area contributed by atoms with Gasteiger partial charge in [0, 0.05) is 7.11 Å². The minimum atomic E-state index is -5.46. The zero-order valence-electron chi connectivity index (χ0n) is 16.1. The predicted molar refractivity (Wildman–Crippen MR) is 101 cm³/mol. The number of rotatable bonds is 9. The Bertz CT molecular complexity index is 1100. The van der Waals surface area contributed by atoms with Gasteiger partial charge < -0.3 is 25.2 Å². The molecule has 6 unspecified atom stereocenters. The van der Waals surface area contributed by atoms with Crippen molar-refractivity contribution in [3.63, 3.8) is 0 Å². The maximum atomic E-state index is 12.0. The lowest BCUT2D eigenvalue weighted by Gasteiger charge is -2.19. The minimum absolute atomic E-state index is 0.0852. The van der Waals surface area contributed by atoms with E-state index in [2.05, 4.69) is 32.7 Å². The van der Waals surface area contributed by atoms with Crippen molar-refractivity contribution in [2.45, 2.75) is 25.6 Å². The number of hydrogen-bond acceptors (Lipinski definition) is 12. The third-order valence-corrected chi connectivity index (χ3v) is 8.45. The first-order valence-electron chi connectivity index (χ1n) is 8.53. The lowest BCUT2D eigenvalue weighted by atomic mass is 10.00. The van der Waals surface area contributed by atoms with Crippen LogP contribution in [0.3, 0.4) is 0 Å². The highest BCUT2D eigenvalue weighted by molar-refractivity contribution is 7.66. The topological polar surface area (TPSA) is 227 Å². The number of nitrogens with zero attached hydrogens (tertiary/aromatic N) is 4. The van der Waals surface area contributed by atoms with Crippen molar-refractivity contribution in [1.29, 1.82) is 0 Å². The monoisotopic (exact) mass is 503 g/mol. The van der Waals surface area contributed by atoms with E-state index in [1.54, 1.807) is 0 Å². The number of nitrogen functional groups attached to an aromatic ring is 1. The van der Waals surface area contributed by atoms with Crippen molar-refractivity contribution in [2.75, 3.05) is 19.5 Å². The van der Waals surface area contributed by atoms with E-state index in [-0.39, 0.29) is 11.7 Å². The van der Waals surface area contributed by atoms with Gasteiger partial charge in [0.25, 0.3) is 0 Å². The third kappa shape index (κ3) is 5.95. The summed E-state index contributed by atoms with van der Waals surface area (Å²) < 4.78 is 58.5. The molecule has 6 atom stereocenters. The van der Waals surface area contributed by atoms with Crippen LogP contribution < -0.4 is 5.73 Å². The molecule has 0 bridgehead atoms. The molecule has 31 heavy (non-hydrogen) atoms. The van der Waals surface area contributed by atoms with Gasteiger partial charge in [0.15, 0.2) is 11.5 Å². The third-order valence-electron chi connectivity index (χ3n) is 4.21. The first kappa shape index (κ1) is 24.4. The van der Waals surface area contributed by atoms with Crippen LogP contribution in [0.1, 0.15) is 25.1 Å². The Morgan fingerprint density at radius 3 is 2.55 bits per heavy atom. The molecule has 2 aromatic rings. The van der Waals surface area contributed by atoms with Gasteiger partial charge >= 0.3 is 23.5 Å². The normalized spacial score (nSPS) is 27.6. The molecular weight excluding hydrogens is 483 g/mol. The van der Waals surface area contributed by atoms with Crippen LogP contribution >= 0.6 is 23.5 Å². The molecule has 5 N–H and O–H groups in total. The quantitative estimate of drug-likeness (QED) is 0.352. The molecule has 0 amide bonds. The molecule has 0 aliphatic carbocycles. The predicted octanol–water partition coefficient (Wildman–Crippen LogP) is 1.17. The molecule has 16 nitrogen and oxygen atoms in total. The van der Waals surface area contributed by atoms with Crippen LogP contribution in [0.4, 0.5) is 5.82 Å². The molecule has 1 aliphatic rings. The van der Waals surface area contributed by atoms with E-state index in [9.17, 15) is 23.5 Å². The van der Waals surface area contributed by atoms with Gasteiger partial charge in [0.2, 0.25) is 0 Å². The first-order valence-corrected chi connectivity index (χ1v) is 13.0. The van der Waals surface area contributed by atoms with E-state index in [0.29, 0.717) is 17.8 Å². The summed E-state index contributed by atoms with van der Waals surface area (Å²) in [4.78, 5) is 36.1. The number of nitrogens with two attached hydrogens (primary N) is 1. The summed E-state index contributed by atoms with van der Waals surface area (Å²) in [6.07, 6.45) is 1.97. The van der Waals surface area contributed by atoms with Crippen LogP contribution in [0.2, 0.25) is 0 Å². The summed E-state index contributed by atoms with van der Waals surface area (Å²) in [6.45, 7) is 1.37. The average molecular weight is 503 g/mol. The first-order chi connectivity index (χ1) is 14.3. The summed E-state index contributed by atoms with van der Waals surface area (Å²) in [5.74, 6) is 0.0969. The number of imidazole rings is 1. The number of anilines is 1. The number of ether oxygens (including phenoxy) is 1. The standard InChI is InChI=1S/C12H20N5O11P3/c1-7-3-8(5-25-30(20,21)28-31(22,23)27-29(18,19)24-2)26-10(7)9-4-14-12-11(13)15-6-16-17(9)12/h4,6-8,10H,3,5H2,1-2H3,(H,18,19)(H,20,21)(H,22,23)(H2,13,15,16). The van der Waals surface area contributed by atoms with E-state index in [4.69, 9.17) is 15.4 Å². The summed E-state index contributed by atoms with van der Waals surface area (Å²) in [6, 6.07) is 0. The van der Waals surface area contributed by atoms with Crippen molar-refractivity contribution in [1.82, 2.24) is 19.6 Å². The number of hydrogen-bond donors (Lipinski definition) is 4. The van der Waals surface area contributed by atoms with E-state index in [0.717, 1.165) is 7.11 Å². The average Bonchev–Trinajstić information content (AvgIpc) is 3.22. The van der Waals surface area contributed by atoms with E-state index in [1.807, 2.05) is 6.92 Å². The fourth-order valence-electron chi connectivity index (χ4n) is 2.96. The molecule has 0 aromatic carbocycles. The molecule has 0 saturated carbocycles. The van der Waals surface area contributed by atoms with Crippen LogP contribution in [0.15, 0.2) is 12.5 Å². The van der Waals surface area contributed by atoms with E-state index < -0.39 is 42.3 Å². The van der Waals surface area contributed by atoms with Crippen molar-refractivity contribution >= 4 is 34.9 Å². The molecule has 0 spiro atoms. The largest absolute Gasteiger partial charge is 0.490 e. The second kappa shape index (κ2) is 8.93. The van der Waals surface area contributed by atoms with Gasteiger partial charge in [-0.2, -0.15) is 13.7 Å². The maximum absolute atomic E-state index is 12.0. The lowest BCUT2D eigenvalue weighted by molar-refractivity contribution is 0.00202. The summed E-state index contributed by atoms with van der Waals surface area (Å²) in [7, 11) is -14.9. The molecule has 1 fully saturated rings. The van der Waals surface area contributed by atoms with Gasteiger partial charge in [-0.25, -0.2) is 28.2 Å². The molecule has 19 heteroatoms. The van der Waals surface area contributed by atoms with E-state index >= 15 is 0 Å². The highest BCUT2D eigenvalue weighted by atomic mass is 31.3. The molecule has 0 radical (unpaired) electrons. The number of phosphoric acid groups is 3. The van der Waals surface area contributed by atoms with Crippen LogP contribution in [-0.4, -0.2) is 54.1 Å². The Hall–Kier alpha value is -1.28. The smallest absolute Gasteiger partial charge is 0.381 e. The minimum Gasteiger partial charge on any atom is -0.381 e. The highest BCUT2D eigenvalue weighted by Crippen LogP contribution is 2.67. The van der Waals surface area contributed by atoms with Crippen molar-refractivity contribution < 1.29 is 50.8 Å². The Morgan fingerprint density at radius 2 is 1.87 bits per heavy atom. The van der Waals surface area contributed by atoms with E-state index in [1.165, 1.54) is 17.0 Å². The fourth-order valence-corrected chi connectivity index (χ4v) is 6.24. The Kier molecular flexibility index (Phi) is 7.02. The second-order valence-corrected chi connectivity index (χ2v) is 11.2. The van der Waals surface area contributed by atoms with Gasteiger partial charge in [-0.3, -0.25) is 9.05 Å². The molecular formula is C12H20N5O11P3. The van der Waals surface area contributed by atoms with Gasteiger partial charge in [0.1, 0.15) is 12.4 Å². The molecule has 3 rings (SSSR count). The SMILES string of the molecule is COP(=O)(O)OP(=O)(O)OP(=O)(O)OCC1CC(C)C(c2cnc3c(N)ncnn23)O1. The second-order valence-electron chi connectivity index (χ2n) is 6.50. The molecule has 174 valence electrons. The van der Waals surface area contributed by atoms with Crippen LogP contribution in [0, 0.1) is 5.92 Å². The van der Waals surface area contributed by atoms with Crippen molar-refractivity contribution in [3.05, 3.63) is 18.2 Å². The molecule has 2 aromatic heterocycles. The molecule has 1 saturated heterocycles. The molecule has 3 heterocycles. The number of aromatic nitrogens is 4. The van der Waals surface area contributed by atoms with Crippen LogP contribution in [0.5, 0.6) is 0 Å². The lowest BCUT2D eigenvalue weighted by Crippen LogP contribution is -2.15. The highest BCUT2D eigenvalue weighted by Gasteiger charge is 2.43. The zero-order chi connectivity index (χ0) is 23.0. The summed E-state index contributed by atoms with van der Waals surface area (Å²) in [5, 5.41) is 4.09. The number of phosphoric ester groups is 2. The van der Waals surface area contributed by atoms with Crippen LogP contribution in [-0.2, 0) is 36.1 Å². The van der Waals surface area contributed by atoms with Gasteiger partial charge in [-0.15, -0.1) is 0 Å². The van der Waals surface area contributed by atoms with Gasteiger partial charge in [-0.1, -0.05) is 6.92 Å². The Balaban J connectivity index is 1.62. The maximum Gasteiger partial charge on any atom is 0.490 e. The summed E-state index contributed by atoms with van der Waals surface area (Å²) in [5.41, 5.74) is 6.68.